The molecule has 1 unspecified atom stereocenters. The van der Waals surface area contributed by atoms with Crippen molar-refractivity contribution in [2.75, 3.05) is 47.1 Å². The summed E-state index contributed by atoms with van der Waals surface area (Å²) in [7, 11) is 3.18. The molecule has 3 aliphatic rings. The molecule has 39 heavy (non-hydrogen) atoms. The molecule has 204 valence electrons. The molecule has 1 amide bonds. The number of esters is 1. The average molecular weight is 550 g/mol. The van der Waals surface area contributed by atoms with E-state index in [1.165, 1.54) is 11.8 Å². The third kappa shape index (κ3) is 5.39. The van der Waals surface area contributed by atoms with Crippen LogP contribution in [0.25, 0.3) is 5.70 Å². The molecular formula is C29H31N3O6S. The minimum Gasteiger partial charge on any atom is -0.497 e. The number of fused-ring (bicyclic) bond motifs is 1. The normalized spacial score (nSPS) is 18.8. The topological polar surface area (TPSA) is 89.9 Å². The van der Waals surface area contributed by atoms with Gasteiger partial charge >= 0.3 is 5.97 Å². The number of ether oxygens (including phenoxy) is 4. The Labute approximate surface area is 232 Å². The summed E-state index contributed by atoms with van der Waals surface area (Å²) in [4.78, 5) is 35.8. The molecule has 2 aromatic rings. The van der Waals surface area contributed by atoms with Gasteiger partial charge in [0.1, 0.15) is 11.5 Å². The number of morpholine rings is 1. The van der Waals surface area contributed by atoms with E-state index in [9.17, 15) is 9.59 Å². The van der Waals surface area contributed by atoms with Crippen molar-refractivity contribution in [2.45, 2.75) is 19.4 Å². The summed E-state index contributed by atoms with van der Waals surface area (Å²) in [6, 6.07) is 14.4. The summed E-state index contributed by atoms with van der Waals surface area (Å²) >= 11 is 1.43. The number of nitrogens with zero attached hydrogens (tertiary/aromatic N) is 3. The SMILES string of the molecule is CCOC(=O)C1=C(c2ccccc2)N=C2SC=C(CC(=O)N3CCOCC3)N2C1c1cc(OC)ccc1OC. The molecule has 1 atom stereocenters. The van der Waals surface area contributed by atoms with Crippen molar-refractivity contribution < 1.29 is 28.5 Å². The number of carbonyl (C=O) groups is 2. The van der Waals surface area contributed by atoms with E-state index >= 15 is 0 Å². The highest BCUT2D eigenvalue weighted by molar-refractivity contribution is 8.16. The van der Waals surface area contributed by atoms with Crippen LogP contribution in [-0.4, -0.2) is 74.0 Å². The molecule has 0 bridgehead atoms. The van der Waals surface area contributed by atoms with E-state index in [2.05, 4.69) is 0 Å². The van der Waals surface area contributed by atoms with Crippen LogP contribution in [0.1, 0.15) is 30.5 Å². The first-order chi connectivity index (χ1) is 19.0. The summed E-state index contributed by atoms with van der Waals surface area (Å²) in [6.07, 6.45) is 0.158. The van der Waals surface area contributed by atoms with Crippen molar-refractivity contribution in [2.24, 2.45) is 4.99 Å². The van der Waals surface area contributed by atoms with E-state index in [1.54, 1.807) is 21.1 Å². The second kappa shape index (κ2) is 12.0. The zero-order valence-corrected chi connectivity index (χ0v) is 23.0. The lowest BCUT2D eigenvalue weighted by Crippen LogP contribution is -2.42. The van der Waals surface area contributed by atoms with Gasteiger partial charge in [-0.3, -0.25) is 4.79 Å². The Kier molecular flexibility index (Phi) is 8.23. The van der Waals surface area contributed by atoms with Crippen LogP contribution < -0.4 is 9.47 Å². The monoisotopic (exact) mass is 549 g/mol. The molecule has 0 N–H and O–H groups in total. The van der Waals surface area contributed by atoms with Crippen LogP contribution in [0.5, 0.6) is 11.5 Å². The number of carbonyl (C=O) groups excluding carboxylic acids is 2. The molecule has 5 rings (SSSR count). The van der Waals surface area contributed by atoms with Crippen molar-refractivity contribution >= 4 is 34.5 Å². The first kappa shape index (κ1) is 26.8. The van der Waals surface area contributed by atoms with Gasteiger partial charge in [0.25, 0.3) is 0 Å². The first-order valence-corrected chi connectivity index (χ1v) is 13.7. The lowest BCUT2D eigenvalue weighted by molar-refractivity contribution is -0.139. The highest BCUT2D eigenvalue weighted by Crippen LogP contribution is 2.49. The Hall–Kier alpha value is -3.76. The van der Waals surface area contributed by atoms with Crippen LogP contribution in [0.4, 0.5) is 0 Å². The molecule has 1 fully saturated rings. The molecule has 0 saturated carbocycles. The van der Waals surface area contributed by atoms with E-state index in [4.69, 9.17) is 23.9 Å². The molecule has 9 nitrogen and oxygen atoms in total. The predicted octanol–water partition coefficient (Wildman–Crippen LogP) is 4.23. The fourth-order valence-corrected chi connectivity index (χ4v) is 5.83. The molecule has 0 radical (unpaired) electrons. The minimum absolute atomic E-state index is 0.00159. The number of hydrogen-bond donors (Lipinski definition) is 0. The summed E-state index contributed by atoms with van der Waals surface area (Å²) < 4.78 is 22.3. The van der Waals surface area contributed by atoms with Crippen molar-refractivity contribution in [3.05, 3.63) is 76.3 Å². The second-order valence-corrected chi connectivity index (χ2v) is 9.86. The number of benzene rings is 2. The number of aliphatic imine (C=N–C) groups is 1. The lowest BCUT2D eigenvalue weighted by atomic mass is 9.90. The van der Waals surface area contributed by atoms with Crippen LogP contribution in [0.3, 0.4) is 0 Å². The fraction of sp³-hybridized carbons (Fsp3) is 0.345. The summed E-state index contributed by atoms with van der Waals surface area (Å²) in [6.45, 7) is 4.14. The highest BCUT2D eigenvalue weighted by Gasteiger charge is 2.44. The van der Waals surface area contributed by atoms with Gasteiger partial charge in [0.2, 0.25) is 5.91 Å². The van der Waals surface area contributed by atoms with Gasteiger partial charge in [-0.25, -0.2) is 9.79 Å². The molecular weight excluding hydrogens is 518 g/mol. The number of thioether (sulfide) groups is 1. The van der Waals surface area contributed by atoms with Crippen LogP contribution >= 0.6 is 11.8 Å². The van der Waals surface area contributed by atoms with Crippen LogP contribution in [0, 0.1) is 0 Å². The van der Waals surface area contributed by atoms with E-state index in [1.807, 2.05) is 63.7 Å². The van der Waals surface area contributed by atoms with E-state index < -0.39 is 12.0 Å². The second-order valence-electron chi connectivity index (χ2n) is 9.02. The number of methoxy groups -OCH3 is 2. The molecule has 2 aromatic carbocycles. The maximum absolute atomic E-state index is 13.7. The molecule has 3 aliphatic heterocycles. The van der Waals surface area contributed by atoms with Gasteiger partial charge in [-0.05, 0) is 30.5 Å². The van der Waals surface area contributed by atoms with Gasteiger partial charge in [0.15, 0.2) is 5.17 Å². The molecule has 0 aromatic heterocycles. The van der Waals surface area contributed by atoms with Crippen LogP contribution in [0.2, 0.25) is 0 Å². The Morgan fingerprint density at radius 1 is 1.08 bits per heavy atom. The number of hydrogen-bond acceptors (Lipinski definition) is 9. The summed E-state index contributed by atoms with van der Waals surface area (Å²) in [5.74, 6) is 0.705. The Bertz CT molecular complexity index is 1330. The molecule has 3 heterocycles. The zero-order valence-electron chi connectivity index (χ0n) is 22.2. The van der Waals surface area contributed by atoms with Gasteiger partial charge in [0.05, 0.1) is 57.8 Å². The largest absolute Gasteiger partial charge is 0.497 e. The standard InChI is InChI=1S/C29H31N3O6S/c1-4-38-28(34)25-26(19-8-6-5-7-9-19)30-29-32(27(25)22-17-21(35-2)10-11-23(22)36-3)20(18-39-29)16-24(33)31-12-14-37-15-13-31/h5-11,17-18,27H,4,12-16H2,1-3H3. The Balaban J connectivity index is 1.66. The third-order valence-electron chi connectivity index (χ3n) is 6.78. The Morgan fingerprint density at radius 2 is 1.85 bits per heavy atom. The maximum atomic E-state index is 13.7. The number of amides is 1. The van der Waals surface area contributed by atoms with E-state index in [0.29, 0.717) is 59.8 Å². The van der Waals surface area contributed by atoms with Crippen molar-refractivity contribution in [1.82, 2.24) is 9.80 Å². The zero-order chi connectivity index (χ0) is 27.4. The van der Waals surface area contributed by atoms with Gasteiger partial charge in [-0.2, -0.15) is 0 Å². The third-order valence-corrected chi connectivity index (χ3v) is 7.67. The minimum atomic E-state index is -0.671. The fourth-order valence-electron chi connectivity index (χ4n) is 4.92. The highest BCUT2D eigenvalue weighted by atomic mass is 32.2. The molecule has 0 spiro atoms. The number of rotatable bonds is 8. The van der Waals surface area contributed by atoms with Crippen molar-refractivity contribution in [1.29, 1.82) is 0 Å². The van der Waals surface area contributed by atoms with Gasteiger partial charge in [0, 0.05) is 29.9 Å². The average Bonchev–Trinajstić information content (AvgIpc) is 3.38. The van der Waals surface area contributed by atoms with E-state index in [-0.39, 0.29) is 18.9 Å². The van der Waals surface area contributed by atoms with Crippen LogP contribution in [0.15, 0.2) is 70.2 Å². The molecule has 1 saturated heterocycles. The lowest BCUT2D eigenvalue weighted by Gasteiger charge is -2.38. The van der Waals surface area contributed by atoms with Gasteiger partial charge < -0.3 is 28.7 Å². The predicted molar refractivity (Wildman–Crippen MR) is 149 cm³/mol. The Morgan fingerprint density at radius 3 is 2.54 bits per heavy atom. The van der Waals surface area contributed by atoms with Gasteiger partial charge in [-0.1, -0.05) is 42.1 Å². The smallest absolute Gasteiger partial charge is 0.338 e. The molecule has 10 heteroatoms. The van der Waals surface area contributed by atoms with Crippen molar-refractivity contribution in [3.8, 4) is 11.5 Å². The first-order valence-electron chi connectivity index (χ1n) is 12.8. The van der Waals surface area contributed by atoms with E-state index in [0.717, 1.165) is 11.3 Å². The number of amidine groups is 1. The van der Waals surface area contributed by atoms with Crippen molar-refractivity contribution in [3.63, 3.8) is 0 Å². The summed E-state index contributed by atoms with van der Waals surface area (Å²) in [5.41, 5.74) is 3.13. The molecule has 0 aliphatic carbocycles. The maximum Gasteiger partial charge on any atom is 0.338 e. The van der Waals surface area contributed by atoms with Crippen LogP contribution in [-0.2, 0) is 19.1 Å². The van der Waals surface area contributed by atoms with Gasteiger partial charge in [-0.15, -0.1) is 0 Å². The quantitative estimate of drug-likeness (QED) is 0.452. The summed E-state index contributed by atoms with van der Waals surface area (Å²) in [5, 5.41) is 2.61.